The maximum atomic E-state index is 14.1. The van der Waals surface area contributed by atoms with Crippen molar-refractivity contribution >= 4 is 17.3 Å². The number of carbonyl (C=O) groups is 1. The topological polar surface area (TPSA) is 44.4 Å². The fourth-order valence-electron chi connectivity index (χ4n) is 5.30. The van der Waals surface area contributed by atoms with Gasteiger partial charge in [0.25, 0.3) is 0 Å². The Hall–Kier alpha value is -2.56. The molecule has 2 aromatic rings. The summed E-state index contributed by atoms with van der Waals surface area (Å²) in [5.74, 6) is 0.745. The Morgan fingerprint density at radius 2 is 2.14 bits per heavy atom. The van der Waals surface area contributed by atoms with Crippen molar-refractivity contribution in [2.24, 2.45) is 0 Å². The molecule has 0 bridgehead atoms. The van der Waals surface area contributed by atoms with E-state index in [1.54, 1.807) is 6.07 Å². The Morgan fingerprint density at radius 3 is 3.00 bits per heavy atom. The zero-order chi connectivity index (χ0) is 20.0. The maximum Gasteiger partial charge on any atom is 0.222 e. The molecule has 2 saturated heterocycles. The van der Waals surface area contributed by atoms with Gasteiger partial charge in [-0.05, 0) is 67.9 Å². The first-order valence-corrected chi connectivity index (χ1v) is 10.8. The van der Waals surface area contributed by atoms with E-state index in [9.17, 15) is 9.18 Å². The highest BCUT2D eigenvalue weighted by atomic mass is 19.1. The van der Waals surface area contributed by atoms with E-state index in [1.807, 2.05) is 13.0 Å². The highest BCUT2D eigenvalue weighted by Gasteiger charge is 2.36. The van der Waals surface area contributed by atoms with Crippen molar-refractivity contribution in [3.05, 3.63) is 58.9 Å². The van der Waals surface area contributed by atoms with E-state index in [4.69, 9.17) is 0 Å². The van der Waals surface area contributed by atoms with Gasteiger partial charge in [0.05, 0.1) is 0 Å². The summed E-state index contributed by atoms with van der Waals surface area (Å²) < 4.78 is 14.1. The molecule has 2 fully saturated rings. The Kier molecular flexibility index (Phi) is 4.69. The van der Waals surface area contributed by atoms with Crippen molar-refractivity contribution in [3.63, 3.8) is 0 Å². The van der Waals surface area contributed by atoms with Crippen LogP contribution in [0.1, 0.15) is 48.3 Å². The molecule has 3 aliphatic heterocycles. The normalized spacial score (nSPS) is 25.5. The first-order chi connectivity index (χ1) is 14.1. The van der Waals surface area contributed by atoms with Crippen LogP contribution in [0.4, 0.5) is 15.8 Å². The van der Waals surface area contributed by atoms with Crippen LogP contribution in [0.25, 0.3) is 0 Å². The molecule has 0 aliphatic carbocycles. The van der Waals surface area contributed by atoms with Gasteiger partial charge in [0.15, 0.2) is 0 Å². The third-order valence-electron chi connectivity index (χ3n) is 6.90. The molecule has 3 aliphatic rings. The van der Waals surface area contributed by atoms with Crippen LogP contribution in [0.5, 0.6) is 0 Å². The van der Waals surface area contributed by atoms with Gasteiger partial charge in [-0.1, -0.05) is 18.2 Å². The summed E-state index contributed by atoms with van der Waals surface area (Å²) >= 11 is 0. The van der Waals surface area contributed by atoms with Gasteiger partial charge in [0.1, 0.15) is 5.82 Å². The summed E-state index contributed by atoms with van der Waals surface area (Å²) in [6.45, 7) is 3.67. The van der Waals surface area contributed by atoms with Crippen LogP contribution in [0, 0.1) is 12.7 Å². The van der Waals surface area contributed by atoms with Crippen molar-refractivity contribution in [2.45, 2.75) is 57.0 Å². The van der Waals surface area contributed by atoms with Gasteiger partial charge < -0.3 is 15.5 Å². The molecule has 29 heavy (non-hydrogen) atoms. The van der Waals surface area contributed by atoms with Crippen molar-refractivity contribution in [1.29, 1.82) is 0 Å². The molecule has 0 aromatic heterocycles. The van der Waals surface area contributed by atoms with Crippen molar-refractivity contribution in [3.8, 4) is 0 Å². The number of fused-ring (bicyclic) bond motifs is 2. The summed E-state index contributed by atoms with van der Waals surface area (Å²) in [7, 11) is 0. The summed E-state index contributed by atoms with van der Waals surface area (Å²) in [6.07, 6.45) is 4.56. The van der Waals surface area contributed by atoms with Crippen molar-refractivity contribution < 1.29 is 9.18 Å². The Labute approximate surface area is 171 Å². The highest BCUT2D eigenvalue weighted by Crippen LogP contribution is 2.37. The fourth-order valence-corrected chi connectivity index (χ4v) is 5.30. The number of aryl methyl sites for hydroxylation is 1. The first kappa shape index (κ1) is 18.5. The zero-order valence-corrected chi connectivity index (χ0v) is 16.9. The van der Waals surface area contributed by atoms with Gasteiger partial charge in [-0.3, -0.25) is 4.79 Å². The van der Waals surface area contributed by atoms with Gasteiger partial charge in [-0.2, -0.15) is 0 Å². The molecule has 0 spiro atoms. The van der Waals surface area contributed by atoms with Gasteiger partial charge in [0.2, 0.25) is 5.91 Å². The molecule has 2 N–H and O–H groups in total. The molecular formula is C24H28FN3O. The van der Waals surface area contributed by atoms with Crippen LogP contribution in [0.15, 0.2) is 36.4 Å². The second kappa shape index (κ2) is 7.36. The van der Waals surface area contributed by atoms with Gasteiger partial charge in [-0.25, -0.2) is 4.39 Å². The van der Waals surface area contributed by atoms with Crippen LogP contribution in [-0.2, 0) is 11.2 Å². The lowest BCUT2D eigenvalue weighted by Crippen LogP contribution is -2.39. The maximum absolute atomic E-state index is 14.1. The number of rotatable bonds is 4. The minimum absolute atomic E-state index is 0.112. The standard InChI is InChI=1S/C24H28FN3O/c1-15-5-7-22(25)21-13-19(27-24(15)21)14-26-18-4-2-3-16(11-18)17-9-10-28-20(12-17)6-8-23(28)29/h2-5,7,11,17,19-20,26-27H,6,8-10,12-14H2,1H3/t17-,19?,20+/m0/s1. The predicted molar refractivity (Wildman–Crippen MR) is 114 cm³/mol. The van der Waals surface area contributed by atoms with Crippen molar-refractivity contribution in [2.75, 3.05) is 23.7 Å². The number of halogens is 1. The number of nitrogens with one attached hydrogen (secondary N) is 2. The average Bonchev–Trinajstić information content (AvgIpc) is 3.34. The smallest absolute Gasteiger partial charge is 0.222 e. The summed E-state index contributed by atoms with van der Waals surface area (Å²) in [5, 5.41) is 7.02. The van der Waals surface area contributed by atoms with Crippen LogP contribution < -0.4 is 10.6 Å². The Morgan fingerprint density at radius 1 is 1.24 bits per heavy atom. The monoisotopic (exact) mass is 393 g/mol. The summed E-state index contributed by atoms with van der Waals surface area (Å²) in [6, 6.07) is 12.7. The zero-order valence-electron chi connectivity index (χ0n) is 16.9. The number of anilines is 2. The van der Waals surface area contributed by atoms with Gasteiger partial charge in [0, 0.05) is 48.5 Å². The number of piperidine rings is 1. The highest BCUT2D eigenvalue weighted by molar-refractivity contribution is 5.79. The molecule has 2 aromatic carbocycles. The van der Waals surface area contributed by atoms with E-state index in [2.05, 4.69) is 39.8 Å². The Balaban J connectivity index is 1.22. The van der Waals surface area contributed by atoms with E-state index in [-0.39, 0.29) is 11.9 Å². The third kappa shape index (κ3) is 3.47. The fraction of sp³-hybridized carbons (Fsp3) is 0.458. The molecule has 0 saturated carbocycles. The third-order valence-corrected chi connectivity index (χ3v) is 6.90. The second-order valence-corrected chi connectivity index (χ2v) is 8.77. The molecular weight excluding hydrogens is 365 g/mol. The largest absolute Gasteiger partial charge is 0.383 e. The number of nitrogens with zero attached hydrogens (tertiary/aromatic N) is 1. The van der Waals surface area contributed by atoms with E-state index >= 15 is 0 Å². The van der Waals surface area contributed by atoms with E-state index < -0.39 is 0 Å². The van der Waals surface area contributed by atoms with Gasteiger partial charge >= 0.3 is 0 Å². The van der Waals surface area contributed by atoms with E-state index in [0.29, 0.717) is 24.3 Å². The minimum atomic E-state index is -0.112. The van der Waals surface area contributed by atoms with Gasteiger partial charge in [-0.15, -0.1) is 0 Å². The summed E-state index contributed by atoms with van der Waals surface area (Å²) in [4.78, 5) is 14.0. The lowest BCUT2D eigenvalue weighted by atomic mass is 9.85. The lowest BCUT2D eigenvalue weighted by Gasteiger charge is -2.35. The molecule has 3 heterocycles. The molecule has 0 radical (unpaired) electrons. The van der Waals surface area contributed by atoms with Crippen LogP contribution in [0.2, 0.25) is 0 Å². The molecule has 5 rings (SSSR count). The molecule has 1 unspecified atom stereocenters. The number of amides is 1. The van der Waals surface area contributed by atoms with Crippen molar-refractivity contribution in [1.82, 2.24) is 4.90 Å². The Bertz CT molecular complexity index is 913. The first-order valence-electron chi connectivity index (χ1n) is 10.8. The average molecular weight is 394 g/mol. The van der Waals surface area contributed by atoms with E-state index in [1.165, 1.54) is 5.56 Å². The molecule has 4 nitrogen and oxygen atoms in total. The lowest BCUT2D eigenvalue weighted by molar-refractivity contribution is -0.129. The van der Waals surface area contributed by atoms with Crippen LogP contribution >= 0.6 is 0 Å². The number of hydrogen-bond acceptors (Lipinski definition) is 3. The SMILES string of the molecule is Cc1ccc(F)c2c1NC(CNc1cccc([C@H]3CCN4C(=O)CC[C@@H]4C3)c1)C2. The number of hydrogen-bond donors (Lipinski definition) is 2. The summed E-state index contributed by atoms with van der Waals surface area (Å²) in [5.41, 5.74) is 5.34. The van der Waals surface area contributed by atoms with Crippen LogP contribution in [-0.4, -0.2) is 36.0 Å². The van der Waals surface area contributed by atoms with Crippen LogP contribution in [0.3, 0.4) is 0 Å². The predicted octanol–water partition coefficient (Wildman–Crippen LogP) is 4.45. The quantitative estimate of drug-likeness (QED) is 0.807. The molecule has 3 atom stereocenters. The molecule has 5 heteroatoms. The molecule has 1 amide bonds. The number of benzene rings is 2. The second-order valence-electron chi connectivity index (χ2n) is 8.77. The number of carbonyl (C=O) groups excluding carboxylic acids is 1. The minimum Gasteiger partial charge on any atom is -0.383 e. The molecule has 152 valence electrons. The van der Waals surface area contributed by atoms with E-state index in [0.717, 1.165) is 61.3 Å².